The SMILES string of the molecule is CCOC(=O)C(=O)c1c(C)c(C(=O)OC)n2c1CCC2.Cc1c(C(=O)C(=O)NC2(c3cn[nH]n3)CC2)c2n(c1C(=O)Nc1ccc(F)c(Cl)c1F)CCC2.Cc1c(C(=O)C(=O)NC2(c3cn[nH]n3)CC2)c2n(c1C(=O)Nc1ccc(F)c(Cl)c1F)CCC2.Cc1c(C(=O)C(=O)NC2(c3cn[nH]n3)CC2)c2n(c1C(=O)On1nnc3cccnc31)CCC2.Cc1c(C(=O)C(=O)O)c2n(c1C(=O)O)CCC2.NC1(c2cn[nH]n2)CC1. The van der Waals surface area contributed by atoms with E-state index in [1.165, 1.54) is 43.4 Å². The molecular formula is C95H93Cl2F4N27O20. The van der Waals surface area contributed by atoms with Crippen LogP contribution in [0.15, 0.2) is 67.4 Å². The van der Waals surface area contributed by atoms with E-state index >= 15 is 0 Å². The third kappa shape index (κ3) is 19.4. The second-order valence-corrected chi connectivity index (χ2v) is 37.2. The summed E-state index contributed by atoms with van der Waals surface area (Å²) in [4.78, 5) is 197. The fourth-order valence-corrected chi connectivity index (χ4v) is 19.9. The molecule has 9 aliphatic rings. The van der Waals surface area contributed by atoms with Crippen LogP contribution in [0.25, 0.3) is 11.2 Å². The van der Waals surface area contributed by atoms with E-state index in [9.17, 15) is 89.5 Å². The first-order chi connectivity index (χ1) is 70.7. The highest BCUT2D eigenvalue weighted by atomic mass is 35.5. The highest BCUT2D eigenvalue weighted by molar-refractivity contribution is 6.46. The van der Waals surface area contributed by atoms with Crippen LogP contribution >= 0.6 is 23.2 Å². The molecule has 0 spiro atoms. The summed E-state index contributed by atoms with van der Waals surface area (Å²) < 4.78 is 73.5. The van der Waals surface area contributed by atoms with Crippen molar-refractivity contribution < 1.29 is 114 Å². The van der Waals surface area contributed by atoms with Gasteiger partial charge >= 0.3 is 29.8 Å². The summed E-state index contributed by atoms with van der Waals surface area (Å²) >= 11 is 11.2. The van der Waals surface area contributed by atoms with E-state index in [2.05, 4.69) is 104 Å². The van der Waals surface area contributed by atoms with Crippen molar-refractivity contribution in [2.45, 2.75) is 212 Å². The Bertz CT molecular complexity index is 7440. The lowest BCUT2D eigenvalue weighted by molar-refractivity contribution is -0.137. The number of H-pyrrole nitrogens is 4. The van der Waals surface area contributed by atoms with Crippen LogP contribution in [-0.4, -0.2) is 217 Å². The van der Waals surface area contributed by atoms with Crippen LogP contribution in [0.1, 0.15) is 274 Å². The number of carboxylic acids is 2. The fourth-order valence-electron chi connectivity index (χ4n) is 19.5. The molecule has 0 saturated heterocycles. The Labute approximate surface area is 842 Å². The molecule has 4 aliphatic carbocycles. The number of aromatic nitrogens is 21. The number of ether oxygens (including phenoxy) is 2. The second-order valence-electron chi connectivity index (χ2n) is 36.4. The number of aliphatic carboxylic acids is 1. The van der Waals surface area contributed by atoms with Crippen molar-refractivity contribution in [1.82, 2.24) is 121 Å². The van der Waals surface area contributed by atoms with Crippen LogP contribution in [-0.2, 0) is 120 Å². The Morgan fingerprint density at radius 3 is 1.14 bits per heavy atom. The van der Waals surface area contributed by atoms with Gasteiger partial charge in [0.1, 0.15) is 78.4 Å². The maximum absolute atomic E-state index is 14.3. The van der Waals surface area contributed by atoms with Gasteiger partial charge in [0.15, 0.2) is 11.6 Å². The number of carbonyl (C=O) groups is 15. The largest absolute Gasteiger partial charge is 0.477 e. The van der Waals surface area contributed by atoms with Gasteiger partial charge in [0.2, 0.25) is 5.65 Å². The minimum atomic E-state index is -1.55. The number of hydrogen-bond donors (Lipinski definition) is 12. The molecule has 770 valence electrons. The number of methoxy groups -OCH3 is 1. The lowest BCUT2D eigenvalue weighted by Crippen LogP contribution is -2.40. The molecule has 5 aliphatic heterocycles. The molecule has 13 N–H and O–H groups in total. The zero-order chi connectivity index (χ0) is 106. The summed E-state index contributed by atoms with van der Waals surface area (Å²) in [6.45, 7) is 12.3. The Hall–Kier alpha value is -16.7. The Kier molecular flexibility index (Phi) is 28.5. The molecule has 11 aromatic heterocycles. The molecule has 0 unspecified atom stereocenters. The Morgan fingerprint density at radius 1 is 0.453 bits per heavy atom. The molecule has 22 rings (SSSR count). The molecule has 13 aromatic rings. The van der Waals surface area contributed by atoms with E-state index in [1.807, 2.05) is 0 Å². The molecule has 0 atom stereocenters. The number of rotatable bonds is 26. The number of esters is 2. The first-order valence-corrected chi connectivity index (χ1v) is 47.5. The summed E-state index contributed by atoms with van der Waals surface area (Å²) in [5.74, 6) is -16.5. The van der Waals surface area contributed by atoms with Crippen molar-refractivity contribution in [1.29, 1.82) is 0 Å². The number of nitrogens with zero attached hydrogens (tertiary/aromatic N) is 17. The average Bonchev–Trinajstić information content (AvgIpc) is 1.59. The number of ketones is 5. The van der Waals surface area contributed by atoms with Crippen molar-refractivity contribution in [2.24, 2.45) is 5.73 Å². The molecule has 2 aromatic carbocycles. The molecule has 4 saturated carbocycles. The number of aromatic carboxylic acids is 1. The van der Waals surface area contributed by atoms with Crippen molar-refractivity contribution >= 4 is 134 Å². The third-order valence-corrected chi connectivity index (χ3v) is 28.0. The smallest absolute Gasteiger partial charge is 0.382 e. The molecule has 4 fully saturated rings. The first-order valence-electron chi connectivity index (χ1n) is 46.8. The summed E-state index contributed by atoms with van der Waals surface area (Å²) in [7, 11) is 1.30. The Morgan fingerprint density at radius 2 is 0.797 bits per heavy atom. The quantitative estimate of drug-likeness (QED) is 0.00608. The number of amides is 5. The van der Waals surface area contributed by atoms with Gasteiger partial charge in [0.25, 0.3) is 58.5 Å². The highest BCUT2D eigenvalue weighted by Gasteiger charge is 2.53. The van der Waals surface area contributed by atoms with E-state index in [1.54, 1.807) is 71.2 Å². The number of Topliss-reactive ketones (excluding diaryl/α,β-unsaturated/α-hetero) is 5. The van der Waals surface area contributed by atoms with Gasteiger partial charge in [-0.15, -0.1) is 5.10 Å². The number of nitrogens with two attached hydrogens (primary N) is 1. The first kappa shape index (κ1) is 103. The minimum Gasteiger partial charge on any atom is -0.477 e. The zero-order valence-electron chi connectivity index (χ0n) is 80.0. The molecule has 0 bridgehead atoms. The highest BCUT2D eigenvalue weighted by Crippen LogP contribution is 2.48. The van der Waals surface area contributed by atoms with Crippen molar-refractivity contribution in [2.75, 3.05) is 24.4 Å². The molecule has 148 heavy (non-hydrogen) atoms. The molecule has 47 nitrogen and oxygen atoms in total. The second kappa shape index (κ2) is 41.0. The van der Waals surface area contributed by atoms with Gasteiger partial charge in [0, 0.05) is 67.4 Å². The molecule has 0 radical (unpaired) electrons. The summed E-state index contributed by atoms with van der Waals surface area (Å²) in [6.07, 6.45) is 20.2. The number of halogens is 6. The van der Waals surface area contributed by atoms with E-state index in [4.69, 9.17) is 53.5 Å². The molecule has 53 heteroatoms. The fraction of sp³-hybridized carbons (Fsp3) is 0.368. The normalized spacial score (nSPS) is 15.4. The van der Waals surface area contributed by atoms with Gasteiger partial charge in [-0.25, -0.2) is 46.5 Å². The van der Waals surface area contributed by atoms with Crippen LogP contribution in [0, 0.1) is 57.9 Å². The monoisotopic (exact) mass is 2080 g/mol. The predicted octanol–water partition coefficient (Wildman–Crippen LogP) is 8.06. The molecular weight excluding hydrogens is 1990 g/mol. The Balaban J connectivity index is 0.000000126. The van der Waals surface area contributed by atoms with Gasteiger partial charge in [-0.3, -0.25) is 47.9 Å². The van der Waals surface area contributed by atoms with Crippen LogP contribution < -0.4 is 37.2 Å². The van der Waals surface area contributed by atoms with Crippen LogP contribution in [0.4, 0.5) is 28.9 Å². The number of fused-ring (bicyclic) bond motifs is 6. The van der Waals surface area contributed by atoms with Gasteiger partial charge in [-0.2, -0.15) is 61.6 Å². The minimum absolute atomic E-state index is 0.0297. The maximum Gasteiger partial charge on any atom is 0.382 e. The number of nitrogens with one attached hydrogen (secondary N) is 9. The standard InChI is InChI=1S/2C22H19ClF2N6O3.C21H19N9O4.C14H17NO5.C11H11NO5.C5H8N4/c2*1-10-15(19(32)21(34)28-22(6-7-22)14-9-26-30-29-14)13-3-2-8-31(13)18(10)20(33)27-12-5-4-11(24)16(23)17(12)25;1-11-15(17(31)19(32)24-21(6-7-21)14-10-23-27-26-14)13-5-3-9-29(13)16(11)20(33)34-30-18-12(25-28-30)4-2-8-22-18;1-4-20-14(18)12(16)10-8(2)11(13(17)19-3)15-7-5-6-9(10)15;1-5-7(9(13)11(16)17)6-3-2-4-12(6)8(5)10(14)15;6-5(1-2-5)4-3-7-9-8-4/h2*4-5,9H,2-3,6-8H2,1H3,(H,27,33)(H,28,34)(H,26,29,30);2,4,8,10H,3,5-7,9H2,1H3,(H,24,32)(H,23,26,27);4-7H2,1-3H3;2-4H2,1H3,(H,14,15)(H,16,17);3H,1-2,6H2,(H,7,8,9). The lowest BCUT2D eigenvalue weighted by atomic mass is 10.0. The van der Waals surface area contributed by atoms with Crippen molar-refractivity contribution in [3.63, 3.8) is 0 Å². The number of carboxylic acid groups (broad SMARTS) is 2. The van der Waals surface area contributed by atoms with E-state index < -0.39 is 138 Å². The van der Waals surface area contributed by atoms with Crippen LogP contribution in [0.5, 0.6) is 0 Å². The number of hydrogen-bond acceptors (Lipinski definition) is 30. The van der Waals surface area contributed by atoms with Gasteiger partial charge in [-0.05, 0) is 231 Å². The van der Waals surface area contributed by atoms with Gasteiger partial charge in [0.05, 0.1) is 99.9 Å². The zero-order valence-corrected chi connectivity index (χ0v) is 81.5. The van der Waals surface area contributed by atoms with E-state index in [0.29, 0.717) is 201 Å². The summed E-state index contributed by atoms with van der Waals surface area (Å²) in [5, 5.41) is 78.3. The predicted molar refractivity (Wildman–Crippen MR) is 504 cm³/mol. The number of benzene rings is 2. The average molecular weight is 2080 g/mol. The topological polar surface area (TPSA) is 645 Å². The third-order valence-electron chi connectivity index (χ3n) is 27.3. The molecule has 5 amide bonds. The lowest BCUT2D eigenvalue weighted by Gasteiger charge is -2.14. The van der Waals surface area contributed by atoms with Gasteiger partial charge in [-0.1, -0.05) is 23.2 Å². The summed E-state index contributed by atoms with van der Waals surface area (Å²) in [5.41, 5.74) is 12.9. The van der Waals surface area contributed by atoms with Gasteiger partial charge < -0.3 is 79.7 Å². The maximum atomic E-state index is 14.3. The number of pyridine rings is 1. The van der Waals surface area contributed by atoms with Crippen molar-refractivity contribution in [3.8, 4) is 0 Å². The number of anilines is 2. The van der Waals surface area contributed by atoms with E-state index in [0.717, 1.165) is 72.6 Å². The van der Waals surface area contributed by atoms with Crippen LogP contribution in [0.3, 0.4) is 0 Å². The number of aromatic amines is 4. The molecule has 16 heterocycles. The number of carbonyl (C=O) groups excluding carboxylic acids is 13. The van der Waals surface area contributed by atoms with Crippen LogP contribution in [0.2, 0.25) is 10.0 Å². The van der Waals surface area contributed by atoms with Crippen molar-refractivity contribution in [3.05, 3.63) is 236 Å². The summed E-state index contributed by atoms with van der Waals surface area (Å²) in [6, 6.07) is 7.41. The van der Waals surface area contributed by atoms with E-state index in [-0.39, 0.29) is 74.1 Å².